The number of aromatic nitrogens is 3. The van der Waals surface area contributed by atoms with Crippen LogP contribution >= 0.6 is 0 Å². The molecule has 1 heterocycles. The molecule has 0 spiro atoms. The third-order valence-electron chi connectivity index (χ3n) is 2.21. The van der Waals surface area contributed by atoms with Crippen LogP contribution in [0.2, 0.25) is 0 Å². The largest absolute Gasteiger partial charge is 0.391 e. The molecule has 1 rings (SSSR count). The van der Waals surface area contributed by atoms with Gasteiger partial charge in [0.25, 0.3) is 0 Å². The van der Waals surface area contributed by atoms with Crippen molar-refractivity contribution in [1.82, 2.24) is 15.2 Å². The molecular weight excluding hydrogens is 192 g/mol. The van der Waals surface area contributed by atoms with Crippen LogP contribution in [-0.2, 0) is 0 Å². The topological polar surface area (TPSA) is 70.9 Å². The van der Waals surface area contributed by atoms with Crippen LogP contribution < -0.4 is 5.32 Å². The summed E-state index contributed by atoms with van der Waals surface area (Å²) in [4.78, 5) is 4.21. The minimum Gasteiger partial charge on any atom is -0.391 e. The molecule has 0 aromatic carbocycles. The number of hydrogen-bond donors (Lipinski definition) is 2. The van der Waals surface area contributed by atoms with Gasteiger partial charge in [-0.1, -0.05) is 13.3 Å². The van der Waals surface area contributed by atoms with E-state index in [1.165, 1.54) is 0 Å². The highest BCUT2D eigenvalue weighted by molar-refractivity contribution is 5.24. The summed E-state index contributed by atoms with van der Waals surface area (Å²) in [5, 5.41) is 20.3. The first-order valence-corrected chi connectivity index (χ1v) is 5.23. The molecule has 0 aliphatic carbocycles. The Morgan fingerprint density at radius 3 is 2.60 bits per heavy atom. The monoisotopic (exact) mass is 210 g/mol. The van der Waals surface area contributed by atoms with Crippen LogP contribution in [0.25, 0.3) is 0 Å². The Morgan fingerprint density at radius 1 is 1.27 bits per heavy atom. The van der Waals surface area contributed by atoms with Crippen molar-refractivity contribution >= 4 is 5.95 Å². The molecule has 0 aliphatic rings. The lowest BCUT2D eigenvalue weighted by Crippen LogP contribution is -2.20. The van der Waals surface area contributed by atoms with E-state index < -0.39 is 0 Å². The molecule has 1 aromatic heterocycles. The Morgan fingerprint density at radius 2 is 2.00 bits per heavy atom. The molecular formula is C10H18N4O. The standard InChI is InChI=1S/C10H18N4O/c1-4-5-9(15)6-11-10-12-7(2)8(3)13-14-10/h9,15H,4-6H2,1-3H3,(H,11,12,14). The minimum absolute atomic E-state index is 0.347. The third-order valence-corrected chi connectivity index (χ3v) is 2.21. The van der Waals surface area contributed by atoms with Gasteiger partial charge in [0.1, 0.15) is 0 Å². The van der Waals surface area contributed by atoms with Gasteiger partial charge in [-0.2, -0.15) is 5.10 Å². The first kappa shape index (κ1) is 11.8. The highest BCUT2D eigenvalue weighted by Crippen LogP contribution is 2.03. The molecule has 0 aliphatic heterocycles. The van der Waals surface area contributed by atoms with Gasteiger partial charge in [-0.15, -0.1) is 5.10 Å². The average Bonchev–Trinajstić information content (AvgIpc) is 2.20. The fraction of sp³-hybridized carbons (Fsp3) is 0.700. The van der Waals surface area contributed by atoms with Crippen molar-refractivity contribution in [3.8, 4) is 0 Å². The third kappa shape index (κ3) is 3.79. The van der Waals surface area contributed by atoms with Crippen molar-refractivity contribution in [2.45, 2.75) is 39.7 Å². The highest BCUT2D eigenvalue weighted by atomic mass is 16.3. The van der Waals surface area contributed by atoms with Gasteiger partial charge in [0.05, 0.1) is 17.5 Å². The number of aryl methyl sites for hydroxylation is 2. The molecule has 84 valence electrons. The number of nitrogens with one attached hydrogen (secondary N) is 1. The summed E-state index contributed by atoms with van der Waals surface area (Å²) in [7, 11) is 0. The van der Waals surface area contributed by atoms with E-state index in [1.807, 2.05) is 20.8 Å². The summed E-state index contributed by atoms with van der Waals surface area (Å²) in [6.45, 7) is 6.26. The van der Waals surface area contributed by atoms with Gasteiger partial charge in [0.15, 0.2) is 0 Å². The molecule has 0 fully saturated rings. The molecule has 5 nitrogen and oxygen atoms in total. The molecule has 0 saturated carbocycles. The van der Waals surface area contributed by atoms with E-state index in [0.29, 0.717) is 12.5 Å². The lowest BCUT2D eigenvalue weighted by atomic mass is 10.2. The zero-order chi connectivity index (χ0) is 11.3. The SMILES string of the molecule is CCCC(O)CNc1nnc(C)c(C)n1. The van der Waals surface area contributed by atoms with Crippen LogP contribution in [0, 0.1) is 13.8 Å². The maximum absolute atomic E-state index is 9.50. The van der Waals surface area contributed by atoms with Gasteiger partial charge in [0, 0.05) is 6.54 Å². The lowest BCUT2D eigenvalue weighted by Gasteiger charge is -2.10. The average molecular weight is 210 g/mol. The number of anilines is 1. The predicted molar refractivity (Wildman–Crippen MR) is 58.7 cm³/mol. The summed E-state index contributed by atoms with van der Waals surface area (Å²) in [6.07, 6.45) is 1.40. The predicted octanol–water partition coefficient (Wildman–Crippen LogP) is 1.06. The molecule has 0 saturated heterocycles. The van der Waals surface area contributed by atoms with E-state index in [2.05, 4.69) is 20.5 Å². The molecule has 1 aromatic rings. The lowest BCUT2D eigenvalue weighted by molar-refractivity contribution is 0.176. The van der Waals surface area contributed by atoms with Crippen LogP contribution in [-0.4, -0.2) is 32.9 Å². The van der Waals surface area contributed by atoms with Gasteiger partial charge >= 0.3 is 0 Å². The van der Waals surface area contributed by atoms with Gasteiger partial charge in [-0.3, -0.25) is 0 Å². The Balaban J connectivity index is 2.47. The van der Waals surface area contributed by atoms with Crippen molar-refractivity contribution in [2.24, 2.45) is 0 Å². The Hall–Kier alpha value is -1.23. The number of hydrogen-bond acceptors (Lipinski definition) is 5. The molecule has 2 N–H and O–H groups in total. The first-order chi connectivity index (χ1) is 7.13. The summed E-state index contributed by atoms with van der Waals surface area (Å²) >= 11 is 0. The maximum atomic E-state index is 9.50. The van der Waals surface area contributed by atoms with Gasteiger partial charge < -0.3 is 10.4 Å². The zero-order valence-corrected chi connectivity index (χ0v) is 9.49. The van der Waals surface area contributed by atoms with Crippen molar-refractivity contribution in [1.29, 1.82) is 0 Å². The highest BCUT2D eigenvalue weighted by Gasteiger charge is 2.04. The van der Waals surface area contributed by atoms with Crippen LogP contribution in [0.3, 0.4) is 0 Å². The van der Waals surface area contributed by atoms with Crippen molar-refractivity contribution in [3.05, 3.63) is 11.4 Å². The summed E-state index contributed by atoms with van der Waals surface area (Å²) in [6, 6.07) is 0. The molecule has 0 amide bonds. The van der Waals surface area contributed by atoms with Gasteiger partial charge in [-0.05, 0) is 20.3 Å². The quantitative estimate of drug-likeness (QED) is 0.760. The van der Waals surface area contributed by atoms with E-state index in [-0.39, 0.29) is 6.10 Å². The van der Waals surface area contributed by atoms with E-state index in [0.717, 1.165) is 24.2 Å². The van der Waals surface area contributed by atoms with E-state index >= 15 is 0 Å². The van der Waals surface area contributed by atoms with Crippen molar-refractivity contribution in [2.75, 3.05) is 11.9 Å². The van der Waals surface area contributed by atoms with Gasteiger partial charge in [0.2, 0.25) is 5.95 Å². The Labute approximate surface area is 90.0 Å². The molecule has 1 atom stereocenters. The fourth-order valence-corrected chi connectivity index (χ4v) is 1.18. The van der Waals surface area contributed by atoms with Crippen molar-refractivity contribution < 1.29 is 5.11 Å². The van der Waals surface area contributed by atoms with Gasteiger partial charge in [-0.25, -0.2) is 4.98 Å². The van der Waals surface area contributed by atoms with Crippen LogP contribution in [0.15, 0.2) is 0 Å². The molecule has 5 heteroatoms. The Bertz CT molecular complexity index is 316. The number of nitrogens with zero attached hydrogens (tertiary/aromatic N) is 3. The van der Waals surface area contributed by atoms with Crippen LogP contribution in [0.5, 0.6) is 0 Å². The second-order valence-electron chi connectivity index (χ2n) is 3.63. The van der Waals surface area contributed by atoms with Crippen molar-refractivity contribution in [3.63, 3.8) is 0 Å². The van der Waals surface area contributed by atoms with E-state index in [4.69, 9.17) is 0 Å². The zero-order valence-electron chi connectivity index (χ0n) is 9.49. The summed E-state index contributed by atoms with van der Waals surface area (Å²) < 4.78 is 0. The maximum Gasteiger partial charge on any atom is 0.243 e. The molecule has 15 heavy (non-hydrogen) atoms. The fourth-order valence-electron chi connectivity index (χ4n) is 1.18. The molecule has 0 bridgehead atoms. The normalized spacial score (nSPS) is 12.5. The van der Waals surface area contributed by atoms with E-state index in [1.54, 1.807) is 0 Å². The number of aliphatic hydroxyl groups excluding tert-OH is 1. The summed E-state index contributed by atoms with van der Waals surface area (Å²) in [5.74, 6) is 0.480. The number of rotatable bonds is 5. The Kier molecular flexibility index (Phi) is 4.42. The van der Waals surface area contributed by atoms with E-state index in [9.17, 15) is 5.11 Å². The molecule has 1 unspecified atom stereocenters. The second kappa shape index (κ2) is 5.60. The minimum atomic E-state index is -0.347. The van der Waals surface area contributed by atoms with Crippen LogP contribution in [0.1, 0.15) is 31.2 Å². The second-order valence-corrected chi connectivity index (χ2v) is 3.63. The molecule has 0 radical (unpaired) electrons. The summed E-state index contributed by atoms with van der Waals surface area (Å²) in [5.41, 5.74) is 1.69. The number of aliphatic hydroxyl groups is 1. The van der Waals surface area contributed by atoms with Crippen LogP contribution in [0.4, 0.5) is 5.95 Å². The first-order valence-electron chi connectivity index (χ1n) is 5.23. The smallest absolute Gasteiger partial charge is 0.243 e.